The lowest BCUT2D eigenvalue weighted by atomic mass is 10.1. The third-order valence-electron chi connectivity index (χ3n) is 4.49. The van der Waals surface area contributed by atoms with Crippen molar-refractivity contribution in [3.63, 3.8) is 0 Å². The summed E-state index contributed by atoms with van der Waals surface area (Å²) in [5.74, 6) is -0.904. The number of nitrogens with zero attached hydrogens (tertiary/aromatic N) is 1. The summed E-state index contributed by atoms with van der Waals surface area (Å²) < 4.78 is 7.06. The second-order valence-electron chi connectivity index (χ2n) is 8.35. The molecule has 0 radical (unpaired) electrons. The smallest absolute Gasteiger partial charge is 0.412 e. The summed E-state index contributed by atoms with van der Waals surface area (Å²) in [5.41, 5.74) is 8.71. The molecule has 4 N–H and O–H groups in total. The first kappa shape index (κ1) is 24.6. The molecule has 8 heteroatoms. The molecule has 176 valence electrons. The minimum absolute atomic E-state index is 0.302. The molecule has 0 atom stereocenters. The number of carbonyl (C=O) groups excluding carboxylic acids is 1. The maximum atomic E-state index is 11.7. The fourth-order valence-electron chi connectivity index (χ4n) is 2.99. The van der Waals surface area contributed by atoms with E-state index in [0.29, 0.717) is 16.9 Å². The Balaban J connectivity index is 0.000000202. The molecule has 2 aromatic carbocycles. The minimum atomic E-state index is -0.904. The van der Waals surface area contributed by atoms with Gasteiger partial charge in [0.25, 0.3) is 0 Å². The Kier molecular flexibility index (Phi) is 7.75. The van der Waals surface area contributed by atoms with E-state index in [2.05, 4.69) is 5.32 Å². The average Bonchev–Trinajstić information content (AvgIpc) is 3.49. The van der Waals surface area contributed by atoms with Crippen LogP contribution in [0.2, 0.25) is 0 Å². The van der Waals surface area contributed by atoms with Gasteiger partial charge in [-0.1, -0.05) is 18.2 Å². The number of ether oxygens (including phenoxy) is 1. The zero-order valence-electron chi connectivity index (χ0n) is 19.2. The second-order valence-corrected chi connectivity index (χ2v) is 9.30. The van der Waals surface area contributed by atoms with Gasteiger partial charge in [0.2, 0.25) is 0 Å². The number of benzene rings is 2. The molecule has 0 bridgehead atoms. The molecule has 4 rings (SSSR count). The number of thiophene rings is 1. The number of carbonyl (C=O) groups is 2. The third kappa shape index (κ3) is 6.98. The predicted octanol–water partition coefficient (Wildman–Crippen LogP) is 6.52. The standard InChI is InChI=1S/C15H18N2O2S.C11H9NO2/c1-15(2,3)19-14(18)17-12-7-6-10(9-11(12)16)13-5-4-8-20-13;13-11(14)9-4-3-5-10(8-9)12-6-1-2-7-12/h4-9H,16H2,1-3H3,(H,17,18);1-8H,(H,13,14). The molecule has 7 nitrogen and oxygen atoms in total. The summed E-state index contributed by atoms with van der Waals surface area (Å²) in [4.78, 5) is 23.6. The van der Waals surface area contributed by atoms with Gasteiger partial charge in [-0.25, -0.2) is 9.59 Å². The monoisotopic (exact) mass is 477 g/mol. The van der Waals surface area contributed by atoms with Gasteiger partial charge in [-0.2, -0.15) is 0 Å². The van der Waals surface area contributed by atoms with Crippen LogP contribution in [0.4, 0.5) is 16.2 Å². The molecule has 1 amide bonds. The number of carboxylic acids is 1. The fraction of sp³-hybridized carbons (Fsp3) is 0.154. The van der Waals surface area contributed by atoms with Crippen molar-refractivity contribution in [2.45, 2.75) is 26.4 Å². The van der Waals surface area contributed by atoms with E-state index in [9.17, 15) is 9.59 Å². The van der Waals surface area contributed by atoms with Crippen LogP contribution in [0, 0.1) is 0 Å². The van der Waals surface area contributed by atoms with Crippen LogP contribution in [0.5, 0.6) is 0 Å². The van der Waals surface area contributed by atoms with Crippen LogP contribution in [-0.4, -0.2) is 27.3 Å². The topological polar surface area (TPSA) is 107 Å². The van der Waals surface area contributed by atoms with Gasteiger partial charge in [-0.15, -0.1) is 11.3 Å². The molecule has 2 heterocycles. The SMILES string of the molecule is CC(C)(C)OC(=O)Nc1ccc(-c2cccs2)cc1N.O=C(O)c1cccc(-n2cccc2)c1. The van der Waals surface area contributed by atoms with E-state index >= 15 is 0 Å². The maximum absolute atomic E-state index is 11.7. The van der Waals surface area contributed by atoms with E-state index in [-0.39, 0.29) is 0 Å². The molecule has 0 saturated heterocycles. The van der Waals surface area contributed by atoms with E-state index in [0.717, 1.165) is 16.1 Å². The summed E-state index contributed by atoms with van der Waals surface area (Å²) in [7, 11) is 0. The molecule has 4 aromatic rings. The zero-order valence-corrected chi connectivity index (χ0v) is 20.0. The minimum Gasteiger partial charge on any atom is -0.478 e. The van der Waals surface area contributed by atoms with Gasteiger partial charge in [-0.3, -0.25) is 5.32 Å². The molecule has 0 aliphatic carbocycles. The van der Waals surface area contributed by atoms with E-state index in [1.165, 1.54) is 0 Å². The van der Waals surface area contributed by atoms with Crippen molar-refractivity contribution in [1.82, 2.24) is 4.57 Å². The van der Waals surface area contributed by atoms with Gasteiger partial charge in [0.15, 0.2) is 0 Å². The van der Waals surface area contributed by atoms with Gasteiger partial charge in [0.05, 0.1) is 16.9 Å². The van der Waals surface area contributed by atoms with Crippen molar-refractivity contribution < 1.29 is 19.4 Å². The van der Waals surface area contributed by atoms with Gasteiger partial charge in [0, 0.05) is 23.0 Å². The Labute approximate surface area is 202 Å². The second kappa shape index (κ2) is 10.7. The number of carboxylic acid groups (broad SMARTS) is 1. The van der Waals surface area contributed by atoms with Gasteiger partial charge < -0.3 is 20.1 Å². The van der Waals surface area contributed by atoms with Crippen molar-refractivity contribution >= 4 is 34.8 Å². The largest absolute Gasteiger partial charge is 0.478 e. The third-order valence-corrected chi connectivity index (χ3v) is 5.41. The van der Waals surface area contributed by atoms with E-state index in [1.54, 1.807) is 35.6 Å². The average molecular weight is 478 g/mol. The number of amides is 1. The highest BCUT2D eigenvalue weighted by atomic mass is 32.1. The highest BCUT2D eigenvalue weighted by molar-refractivity contribution is 7.13. The van der Waals surface area contributed by atoms with Gasteiger partial charge in [-0.05, 0) is 80.2 Å². The van der Waals surface area contributed by atoms with E-state index in [1.807, 2.05) is 85.6 Å². The number of anilines is 2. The van der Waals surface area contributed by atoms with Crippen LogP contribution in [0.25, 0.3) is 16.1 Å². The number of hydrogen-bond acceptors (Lipinski definition) is 5. The lowest BCUT2D eigenvalue weighted by molar-refractivity contribution is 0.0634. The molecule has 0 fully saturated rings. The number of aromatic carboxylic acids is 1. The molecular weight excluding hydrogens is 450 g/mol. The van der Waals surface area contributed by atoms with Gasteiger partial charge >= 0.3 is 12.1 Å². The normalized spacial score (nSPS) is 10.7. The Morgan fingerprint density at radius 2 is 1.74 bits per heavy atom. The lowest BCUT2D eigenvalue weighted by Gasteiger charge is -2.20. The van der Waals surface area contributed by atoms with Crippen LogP contribution >= 0.6 is 11.3 Å². The van der Waals surface area contributed by atoms with Crippen LogP contribution in [0.3, 0.4) is 0 Å². The number of nitrogens with two attached hydrogens (primary N) is 1. The predicted molar refractivity (Wildman–Crippen MR) is 137 cm³/mol. The first-order valence-corrected chi connectivity index (χ1v) is 11.4. The molecule has 0 aliphatic heterocycles. The quantitative estimate of drug-likeness (QED) is 0.290. The highest BCUT2D eigenvalue weighted by Crippen LogP contribution is 2.30. The summed E-state index contributed by atoms with van der Waals surface area (Å²) in [6.07, 6.45) is 3.25. The Hall–Kier alpha value is -4.04. The first-order chi connectivity index (χ1) is 16.1. The van der Waals surface area contributed by atoms with Crippen LogP contribution < -0.4 is 11.1 Å². The maximum Gasteiger partial charge on any atom is 0.412 e. The van der Waals surface area contributed by atoms with Crippen LogP contribution in [0.15, 0.2) is 84.5 Å². The summed E-state index contributed by atoms with van der Waals surface area (Å²) in [6.45, 7) is 5.45. The van der Waals surface area contributed by atoms with Crippen molar-refractivity contribution in [1.29, 1.82) is 0 Å². The van der Waals surface area contributed by atoms with E-state index in [4.69, 9.17) is 15.6 Å². The van der Waals surface area contributed by atoms with Crippen molar-refractivity contribution in [3.05, 3.63) is 90.1 Å². The molecular formula is C26H27N3O4S. The van der Waals surface area contributed by atoms with Crippen molar-refractivity contribution in [2.75, 3.05) is 11.1 Å². The van der Waals surface area contributed by atoms with Crippen LogP contribution in [-0.2, 0) is 4.74 Å². The number of aromatic nitrogens is 1. The highest BCUT2D eigenvalue weighted by Gasteiger charge is 2.17. The molecule has 0 saturated carbocycles. The Morgan fingerprint density at radius 3 is 2.32 bits per heavy atom. The Bertz CT molecular complexity index is 1240. The summed E-state index contributed by atoms with van der Waals surface area (Å²) in [6, 6.07) is 20.2. The molecule has 0 aliphatic rings. The molecule has 34 heavy (non-hydrogen) atoms. The number of nitrogen functional groups attached to an aromatic ring is 1. The number of nitrogens with one attached hydrogen (secondary N) is 1. The Morgan fingerprint density at radius 1 is 1.00 bits per heavy atom. The van der Waals surface area contributed by atoms with Crippen molar-refractivity contribution in [2.24, 2.45) is 0 Å². The summed E-state index contributed by atoms with van der Waals surface area (Å²) >= 11 is 1.64. The molecule has 0 unspecified atom stereocenters. The molecule has 0 spiro atoms. The summed E-state index contributed by atoms with van der Waals surface area (Å²) in [5, 5.41) is 13.5. The number of rotatable bonds is 4. The van der Waals surface area contributed by atoms with Crippen LogP contribution in [0.1, 0.15) is 31.1 Å². The number of hydrogen-bond donors (Lipinski definition) is 3. The first-order valence-electron chi connectivity index (χ1n) is 10.5. The fourth-order valence-corrected chi connectivity index (χ4v) is 3.72. The molecule has 2 aromatic heterocycles. The van der Waals surface area contributed by atoms with Crippen molar-refractivity contribution in [3.8, 4) is 16.1 Å². The van der Waals surface area contributed by atoms with Gasteiger partial charge in [0.1, 0.15) is 5.60 Å². The zero-order chi connectivity index (χ0) is 24.7. The lowest BCUT2D eigenvalue weighted by Crippen LogP contribution is -2.27. The van der Waals surface area contributed by atoms with E-state index < -0.39 is 17.7 Å².